The topological polar surface area (TPSA) is 110 Å². The van der Waals surface area contributed by atoms with E-state index in [1.54, 1.807) is 33.2 Å². The summed E-state index contributed by atoms with van der Waals surface area (Å²) < 4.78 is 27.5. The lowest BCUT2D eigenvalue weighted by molar-refractivity contribution is -0.387. The Morgan fingerprint density at radius 2 is 1.80 bits per heavy atom. The summed E-state index contributed by atoms with van der Waals surface area (Å²) in [5.74, 6) is -0.286. The maximum atomic E-state index is 12.6. The van der Waals surface area contributed by atoms with E-state index < -0.39 is 25.5 Å². The Balaban J connectivity index is 2.47. The lowest BCUT2D eigenvalue weighted by atomic mass is 10.1. The molecule has 0 radical (unpaired) electrons. The first kappa shape index (κ1) is 18.4. The fourth-order valence-corrected chi connectivity index (χ4v) is 3.45. The van der Waals surface area contributed by atoms with Crippen LogP contribution in [0.5, 0.6) is 0 Å². The van der Waals surface area contributed by atoms with Crippen LogP contribution in [0.3, 0.4) is 0 Å². The zero-order chi connectivity index (χ0) is 18.8. The Hall–Kier alpha value is -2.94. The molecule has 0 bridgehead atoms. The average molecular weight is 363 g/mol. The van der Waals surface area contributed by atoms with Crippen molar-refractivity contribution in [3.63, 3.8) is 0 Å². The first-order chi connectivity index (χ1) is 11.6. The lowest BCUT2D eigenvalue weighted by Gasteiger charge is -2.14. The van der Waals surface area contributed by atoms with Crippen LogP contribution in [-0.2, 0) is 10.0 Å². The van der Waals surface area contributed by atoms with E-state index in [1.165, 1.54) is 23.1 Å². The van der Waals surface area contributed by atoms with E-state index in [0.29, 0.717) is 11.1 Å². The number of carbonyl (C=O) groups excluding carboxylic acids is 1. The van der Waals surface area contributed by atoms with Gasteiger partial charge in [0.25, 0.3) is 21.6 Å². The van der Waals surface area contributed by atoms with Crippen molar-refractivity contribution in [1.82, 2.24) is 4.90 Å². The number of anilines is 1. The van der Waals surface area contributed by atoms with Crippen LogP contribution in [0.25, 0.3) is 0 Å². The number of nitro groups is 1. The third kappa shape index (κ3) is 3.94. The normalized spacial score (nSPS) is 11.0. The van der Waals surface area contributed by atoms with Gasteiger partial charge < -0.3 is 4.90 Å². The number of para-hydroxylation sites is 1. The van der Waals surface area contributed by atoms with Gasteiger partial charge in [0.1, 0.15) is 0 Å². The number of sulfonamides is 1. The zero-order valence-electron chi connectivity index (χ0n) is 13.9. The second kappa shape index (κ2) is 6.89. The minimum absolute atomic E-state index is 0.186. The number of rotatable bonds is 5. The van der Waals surface area contributed by atoms with Gasteiger partial charge in [-0.05, 0) is 30.7 Å². The fraction of sp³-hybridized carbons (Fsp3) is 0.188. The molecule has 0 atom stereocenters. The molecule has 0 aliphatic carbocycles. The van der Waals surface area contributed by atoms with Crippen molar-refractivity contribution in [3.8, 4) is 0 Å². The predicted molar refractivity (Wildman–Crippen MR) is 93.1 cm³/mol. The molecule has 132 valence electrons. The van der Waals surface area contributed by atoms with Gasteiger partial charge in [-0.2, -0.15) is 0 Å². The molecule has 25 heavy (non-hydrogen) atoms. The number of nitrogens with zero attached hydrogens (tertiary/aromatic N) is 2. The molecule has 0 fully saturated rings. The van der Waals surface area contributed by atoms with Gasteiger partial charge in [0, 0.05) is 25.7 Å². The monoisotopic (exact) mass is 363 g/mol. The van der Waals surface area contributed by atoms with Crippen molar-refractivity contribution in [2.24, 2.45) is 0 Å². The van der Waals surface area contributed by atoms with Gasteiger partial charge in [0.05, 0.1) is 10.6 Å². The van der Waals surface area contributed by atoms with Crippen LogP contribution in [0, 0.1) is 17.0 Å². The number of aryl methyl sites for hydroxylation is 1. The van der Waals surface area contributed by atoms with E-state index in [-0.39, 0.29) is 11.6 Å². The van der Waals surface area contributed by atoms with Crippen LogP contribution < -0.4 is 4.72 Å². The van der Waals surface area contributed by atoms with Crippen molar-refractivity contribution < 1.29 is 18.1 Å². The molecule has 1 N–H and O–H groups in total. The second-order valence-corrected chi connectivity index (χ2v) is 7.21. The first-order valence-corrected chi connectivity index (χ1v) is 8.70. The number of benzene rings is 2. The summed E-state index contributed by atoms with van der Waals surface area (Å²) in [6, 6.07) is 9.66. The summed E-state index contributed by atoms with van der Waals surface area (Å²) in [7, 11) is -1.03. The van der Waals surface area contributed by atoms with E-state index in [1.807, 2.05) is 0 Å². The Labute approximate surface area is 145 Å². The molecule has 2 aromatic carbocycles. The van der Waals surface area contributed by atoms with Crippen molar-refractivity contribution in [2.75, 3.05) is 18.8 Å². The number of hydrogen-bond donors (Lipinski definition) is 1. The molecular weight excluding hydrogens is 346 g/mol. The molecular formula is C16H17N3O5S. The number of nitrogens with one attached hydrogen (secondary N) is 1. The summed E-state index contributed by atoms with van der Waals surface area (Å²) in [6.45, 7) is 1.67. The molecule has 9 heteroatoms. The molecule has 0 saturated heterocycles. The molecule has 0 spiro atoms. The minimum atomic E-state index is -4.19. The van der Waals surface area contributed by atoms with Gasteiger partial charge in [-0.3, -0.25) is 19.6 Å². The van der Waals surface area contributed by atoms with E-state index >= 15 is 0 Å². The highest BCUT2D eigenvalue weighted by molar-refractivity contribution is 7.92. The predicted octanol–water partition coefficient (Wildman–Crippen LogP) is 2.41. The Bertz CT molecular complexity index is 939. The number of hydrogen-bond acceptors (Lipinski definition) is 5. The second-order valence-electron chi connectivity index (χ2n) is 5.56. The summed E-state index contributed by atoms with van der Waals surface area (Å²) in [5.41, 5.74) is 0.548. The first-order valence-electron chi connectivity index (χ1n) is 7.22. The van der Waals surface area contributed by atoms with Gasteiger partial charge >= 0.3 is 0 Å². The van der Waals surface area contributed by atoms with Crippen LogP contribution in [-0.4, -0.2) is 38.2 Å². The van der Waals surface area contributed by atoms with Crippen molar-refractivity contribution in [1.29, 1.82) is 0 Å². The lowest BCUT2D eigenvalue weighted by Crippen LogP contribution is -2.22. The summed E-state index contributed by atoms with van der Waals surface area (Å²) in [4.78, 5) is 23.3. The van der Waals surface area contributed by atoms with Crippen molar-refractivity contribution in [2.45, 2.75) is 11.8 Å². The fourth-order valence-electron chi connectivity index (χ4n) is 2.16. The quantitative estimate of drug-likeness (QED) is 0.648. The molecule has 0 aliphatic rings. The highest BCUT2D eigenvalue weighted by Crippen LogP contribution is 2.27. The molecule has 0 aliphatic heterocycles. The molecule has 0 unspecified atom stereocenters. The largest absolute Gasteiger partial charge is 0.345 e. The minimum Gasteiger partial charge on any atom is -0.345 e. The molecule has 0 aromatic heterocycles. The number of amides is 1. The Kier molecular flexibility index (Phi) is 5.07. The van der Waals surface area contributed by atoms with Crippen LogP contribution in [0.4, 0.5) is 11.4 Å². The maximum Gasteiger partial charge on any atom is 0.289 e. The molecule has 0 heterocycles. The summed E-state index contributed by atoms with van der Waals surface area (Å²) in [5, 5.41) is 11.1. The van der Waals surface area contributed by atoms with E-state index in [9.17, 15) is 23.3 Å². The van der Waals surface area contributed by atoms with Gasteiger partial charge in [0.2, 0.25) is 0 Å². The SMILES string of the molecule is Cc1ccc(C(=O)N(C)C)cc1NS(=O)(=O)c1ccccc1[N+](=O)[O-]. The van der Waals surface area contributed by atoms with Crippen molar-refractivity contribution >= 4 is 27.3 Å². The van der Waals surface area contributed by atoms with Crippen LogP contribution in [0.2, 0.25) is 0 Å². The molecule has 8 nitrogen and oxygen atoms in total. The molecule has 0 saturated carbocycles. The van der Waals surface area contributed by atoms with Crippen molar-refractivity contribution in [3.05, 3.63) is 63.7 Å². The standard InChI is InChI=1S/C16H17N3O5S/c1-11-8-9-12(16(20)18(2)3)10-13(11)17-25(23,24)15-7-5-4-6-14(15)19(21)22/h4-10,17H,1-3H3. The third-order valence-electron chi connectivity index (χ3n) is 3.49. The average Bonchev–Trinajstić information content (AvgIpc) is 2.56. The van der Waals surface area contributed by atoms with Gasteiger partial charge in [0.15, 0.2) is 4.90 Å². The van der Waals surface area contributed by atoms with E-state index in [2.05, 4.69) is 4.72 Å². The highest BCUT2D eigenvalue weighted by atomic mass is 32.2. The maximum absolute atomic E-state index is 12.6. The van der Waals surface area contributed by atoms with Gasteiger partial charge in [-0.1, -0.05) is 18.2 Å². The highest BCUT2D eigenvalue weighted by Gasteiger charge is 2.26. The number of nitro benzene ring substituents is 1. The molecule has 2 rings (SSSR count). The summed E-state index contributed by atoms with van der Waals surface area (Å²) >= 11 is 0. The Morgan fingerprint density at radius 3 is 2.40 bits per heavy atom. The molecule has 1 amide bonds. The van der Waals surface area contributed by atoms with Crippen LogP contribution in [0.15, 0.2) is 47.4 Å². The third-order valence-corrected chi connectivity index (χ3v) is 4.90. The van der Waals surface area contributed by atoms with Gasteiger partial charge in [-0.15, -0.1) is 0 Å². The smallest absolute Gasteiger partial charge is 0.289 e. The van der Waals surface area contributed by atoms with Crippen LogP contribution >= 0.6 is 0 Å². The van der Waals surface area contributed by atoms with Gasteiger partial charge in [-0.25, -0.2) is 8.42 Å². The van der Waals surface area contributed by atoms with E-state index in [0.717, 1.165) is 12.1 Å². The zero-order valence-corrected chi connectivity index (χ0v) is 14.7. The number of carbonyl (C=O) groups is 1. The van der Waals surface area contributed by atoms with Crippen LogP contribution in [0.1, 0.15) is 15.9 Å². The summed E-state index contributed by atoms with van der Waals surface area (Å²) in [6.07, 6.45) is 0. The van der Waals surface area contributed by atoms with E-state index in [4.69, 9.17) is 0 Å². The molecule has 2 aromatic rings. The Morgan fingerprint density at radius 1 is 1.16 bits per heavy atom.